The molecule has 4 heterocycles. The number of hydrogen-bond acceptors (Lipinski definition) is 5. The first-order chi connectivity index (χ1) is 25.7. The van der Waals surface area contributed by atoms with E-state index in [1.165, 1.54) is 0 Å². The Bertz CT molecular complexity index is 3130. The molecule has 0 aliphatic heterocycles. The maximum Gasteiger partial charge on any atom is 0.168 e. The Labute approximate surface area is 297 Å². The van der Waals surface area contributed by atoms with E-state index in [1.807, 2.05) is 84.9 Å². The van der Waals surface area contributed by atoms with Crippen molar-refractivity contribution in [2.45, 2.75) is 6.92 Å². The Morgan fingerprint density at radius 3 is 1.73 bits per heavy atom. The molecule has 0 unspecified atom stereocenters. The van der Waals surface area contributed by atoms with Crippen molar-refractivity contribution in [3.63, 3.8) is 0 Å². The number of rotatable bonds is 4. The van der Waals surface area contributed by atoms with Crippen molar-refractivity contribution in [2.24, 2.45) is 0 Å². The minimum absolute atomic E-state index is 0.564. The molecule has 52 heavy (non-hydrogen) atoms. The zero-order valence-electron chi connectivity index (χ0n) is 28.0. The zero-order valence-corrected chi connectivity index (χ0v) is 28.0. The summed E-state index contributed by atoms with van der Waals surface area (Å²) < 4.78 is 15.6. The standard InChI is InChI=1S/C46H28N4O2/c1-27-24-37(50-35-21-11-8-18-30(35)33-26-40-34(25-36(33)50)31-19-9-12-22-38(31)51-40)42-32-20-10-13-23-39(32)52-43(42)41(27)46-48-44(28-14-4-2-5-15-28)47-45(49-46)29-16-6-3-7-17-29/h2-26H,1H3. The van der Waals surface area contributed by atoms with Gasteiger partial charge >= 0.3 is 0 Å². The summed E-state index contributed by atoms with van der Waals surface area (Å²) >= 11 is 0. The first-order valence-corrected chi connectivity index (χ1v) is 17.4. The summed E-state index contributed by atoms with van der Waals surface area (Å²) in [6.45, 7) is 2.12. The first kappa shape index (κ1) is 28.8. The molecule has 0 saturated heterocycles. The monoisotopic (exact) mass is 668 g/mol. The van der Waals surface area contributed by atoms with E-state index in [2.05, 4.69) is 78.2 Å². The molecule has 0 saturated carbocycles. The van der Waals surface area contributed by atoms with Gasteiger partial charge in [0.25, 0.3) is 0 Å². The number of aromatic nitrogens is 4. The third kappa shape index (κ3) is 4.21. The number of aryl methyl sites for hydroxylation is 1. The Kier molecular flexibility index (Phi) is 6.07. The topological polar surface area (TPSA) is 69.9 Å². The Balaban J connectivity index is 1.25. The van der Waals surface area contributed by atoms with E-state index in [-0.39, 0.29) is 0 Å². The summed E-state index contributed by atoms with van der Waals surface area (Å²) in [5.41, 5.74) is 10.2. The molecule has 0 atom stereocenters. The molecule has 0 spiro atoms. The first-order valence-electron chi connectivity index (χ1n) is 17.4. The molecule has 0 aliphatic rings. The van der Waals surface area contributed by atoms with E-state index in [1.54, 1.807) is 0 Å². The van der Waals surface area contributed by atoms with Crippen molar-refractivity contribution in [1.29, 1.82) is 0 Å². The van der Waals surface area contributed by atoms with Gasteiger partial charge in [0, 0.05) is 38.1 Å². The minimum atomic E-state index is 0.564. The van der Waals surface area contributed by atoms with Crippen molar-refractivity contribution in [1.82, 2.24) is 19.5 Å². The van der Waals surface area contributed by atoms with Gasteiger partial charge in [-0.25, -0.2) is 15.0 Å². The molecule has 11 aromatic rings. The smallest absolute Gasteiger partial charge is 0.168 e. The fourth-order valence-corrected chi connectivity index (χ4v) is 7.83. The number of furan rings is 2. The van der Waals surface area contributed by atoms with E-state index >= 15 is 0 Å². The molecule has 0 radical (unpaired) electrons. The zero-order chi connectivity index (χ0) is 34.3. The minimum Gasteiger partial charge on any atom is -0.456 e. The van der Waals surface area contributed by atoms with Crippen LogP contribution in [-0.2, 0) is 0 Å². The van der Waals surface area contributed by atoms with E-state index in [0.717, 1.165) is 93.6 Å². The molecule has 6 nitrogen and oxygen atoms in total. The normalized spacial score (nSPS) is 11.9. The average molecular weight is 669 g/mol. The number of fused-ring (bicyclic) bond motifs is 9. The number of para-hydroxylation sites is 3. The van der Waals surface area contributed by atoms with Crippen LogP contribution in [0.25, 0.3) is 106 Å². The average Bonchev–Trinajstić information content (AvgIpc) is 3.86. The van der Waals surface area contributed by atoms with Crippen molar-refractivity contribution in [3.8, 4) is 39.9 Å². The number of hydrogen-bond donors (Lipinski definition) is 0. The highest BCUT2D eigenvalue weighted by Gasteiger charge is 2.25. The Morgan fingerprint density at radius 2 is 1.02 bits per heavy atom. The lowest BCUT2D eigenvalue weighted by atomic mass is 10.0. The van der Waals surface area contributed by atoms with Gasteiger partial charge in [0.1, 0.15) is 22.3 Å². The summed E-state index contributed by atoms with van der Waals surface area (Å²) in [5.74, 6) is 1.78. The van der Waals surface area contributed by atoms with Crippen LogP contribution in [0.3, 0.4) is 0 Å². The van der Waals surface area contributed by atoms with Crippen molar-refractivity contribution < 1.29 is 8.83 Å². The molecule has 0 amide bonds. The third-order valence-electron chi connectivity index (χ3n) is 10.2. The molecule has 0 bridgehead atoms. The van der Waals surface area contributed by atoms with Crippen LogP contribution in [-0.4, -0.2) is 19.5 Å². The fraction of sp³-hybridized carbons (Fsp3) is 0.0217. The highest BCUT2D eigenvalue weighted by Crippen LogP contribution is 2.45. The van der Waals surface area contributed by atoms with Crippen molar-refractivity contribution in [2.75, 3.05) is 0 Å². The maximum absolute atomic E-state index is 6.86. The van der Waals surface area contributed by atoms with Crippen LogP contribution in [0.4, 0.5) is 0 Å². The second-order valence-electron chi connectivity index (χ2n) is 13.2. The van der Waals surface area contributed by atoms with Gasteiger partial charge < -0.3 is 13.4 Å². The van der Waals surface area contributed by atoms with Gasteiger partial charge in [0.2, 0.25) is 0 Å². The third-order valence-corrected chi connectivity index (χ3v) is 10.2. The lowest BCUT2D eigenvalue weighted by Crippen LogP contribution is -2.03. The van der Waals surface area contributed by atoms with Crippen LogP contribution >= 0.6 is 0 Å². The predicted molar refractivity (Wildman–Crippen MR) is 210 cm³/mol. The van der Waals surface area contributed by atoms with Gasteiger partial charge in [0.15, 0.2) is 17.5 Å². The summed E-state index contributed by atoms with van der Waals surface area (Å²) in [4.78, 5) is 15.2. The van der Waals surface area contributed by atoms with Gasteiger partial charge in [-0.2, -0.15) is 0 Å². The number of nitrogens with zero attached hydrogens (tertiary/aromatic N) is 4. The molecule has 4 aromatic heterocycles. The van der Waals surface area contributed by atoms with E-state index in [4.69, 9.17) is 23.8 Å². The molecule has 7 aromatic carbocycles. The van der Waals surface area contributed by atoms with E-state index < -0.39 is 0 Å². The predicted octanol–water partition coefficient (Wildman–Crippen LogP) is 12.1. The van der Waals surface area contributed by atoms with Crippen LogP contribution in [0.15, 0.2) is 160 Å². The highest BCUT2D eigenvalue weighted by atomic mass is 16.3. The van der Waals surface area contributed by atoms with Crippen LogP contribution < -0.4 is 0 Å². The summed E-state index contributed by atoms with van der Waals surface area (Å²) in [6.07, 6.45) is 0. The van der Waals surface area contributed by atoms with Crippen LogP contribution in [0.2, 0.25) is 0 Å². The van der Waals surface area contributed by atoms with Gasteiger partial charge in [0.05, 0.1) is 27.7 Å². The molecule has 244 valence electrons. The Hall–Kier alpha value is -7.05. The second-order valence-corrected chi connectivity index (χ2v) is 13.2. The van der Waals surface area contributed by atoms with Crippen LogP contribution in [0.1, 0.15) is 5.56 Å². The molecular formula is C46H28N4O2. The maximum atomic E-state index is 6.86. The van der Waals surface area contributed by atoms with Crippen LogP contribution in [0.5, 0.6) is 0 Å². The highest BCUT2D eigenvalue weighted by molar-refractivity contribution is 6.20. The lowest BCUT2D eigenvalue weighted by molar-refractivity contribution is 0.668. The van der Waals surface area contributed by atoms with Gasteiger partial charge in [-0.3, -0.25) is 0 Å². The SMILES string of the molecule is Cc1cc(-n2c3ccccc3c3cc4oc5ccccc5c4cc32)c2c(oc3ccccc32)c1-c1nc(-c2ccccc2)nc(-c2ccccc2)n1. The Morgan fingerprint density at radius 1 is 0.442 bits per heavy atom. The van der Waals surface area contributed by atoms with E-state index in [9.17, 15) is 0 Å². The molecule has 0 N–H and O–H groups in total. The fourth-order valence-electron chi connectivity index (χ4n) is 7.83. The van der Waals surface area contributed by atoms with Crippen molar-refractivity contribution in [3.05, 3.63) is 157 Å². The van der Waals surface area contributed by atoms with Gasteiger partial charge in [-0.1, -0.05) is 115 Å². The summed E-state index contributed by atoms with van der Waals surface area (Å²) in [6, 6.07) is 51.9. The van der Waals surface area contributed by atoms with Gasteiger partial charge in [-0.15, -0.1) is 0 Å². The second kappa shape index (κ2) is 11.0. The van der Waals surface area contributed by atoms with Crippen molar-refractivity contribution >= 4 is 65.7 Å². The van der Waals surface area contributed by atoms with Crippen LogP contribution in [0, 0.1) is 6.92 Å². The van der Waals surface area contributed by atoms with Gasteiger partial charge in [-0.05, 0) is 48.9 Å². The molecule has 11 rings (SSSR count). The number of benzene rings is 7. The summed E-state index contributed by atoms with van der Waals surface area (Å²) in [7, 11) is 0. The largest absolute Gasteiger partial charge is 0.456 e. The molecular weight excluding hydrogens is 641 g/mol. The quantitative estimate of drug-likeness (QED) is 0.187. The summed E-state index contributed by atoms with van der Waals surface area (Å²) in [5, 5.41) is 6.48. The van der Waals surface area contributed by atoms with E-state index in [0.29, 0.717) is 17.5 Å². The molecule has 0 aliphatic carbocycles. The molecule has 6 heteroatoms. The molecule has 0 fully saturated rings. The lowest BCUT2D eigenvalue weighted by Gasteiger charge is -2.15.